The first-order valence-electron chi connectivity index (χ1n) is 40.9. The summed E-state index contributed by atoms with van der Waals surface area (Å²) in [7, 11) is -1.22. The number of carbonyl (C=O) groups excluding carboxylic acids is 1. The Bertz CT molecular complexity index is 5750. The summed E-state index contributed by atoms with van der Waals surface area (Å²) in [5, 5.41) is 52.4. The summed E-state index contributed by atoms with van der Waals surface area (Å²) in [5.41, 5.74) is 5.87. The Labute approximate surface area is 805 Å². The Morgan fingerprint density at radius 3 is 1.15 bits per heavy atom. The molecule has 0 aliphatic carbocycles. The van der Waals surface area contributed by atoms with E-state index in [4.69, 9.17) is 123 Å². The molecule has 1 amide bonds. The average Bonchev–Trinajstić information content (AvgIpc) is 1.65. The van der Waals surface area contributed by atoms with Gasteiger partial charge in [0.25, 0.3) is 6.48 Å². The number of rotatable bonds is 14. The summed E-state index contributed by atoms with van der Waals surface area (Å²) in [4.78, 5) is 61.9. The van der Waals surface area contributed by atoms with Gasteiger partial charge in [0.1, 0.15) is 45.8 Å². The van der Waals surface area contributed by atoms with Crippen LogP contribution in [0, 0.1) is 29.1 Å². The van der Waals surface area contributed by atoms with Crippen LogP contribution in [-0.4, -0.2) is 294 Å². The zero-order chi connectivity index (χ0) is 93.7. The first kappa shape index (κ1) is 109. The number of anilines is 5. The summed E-state index contributed by atoms with van der Waals surface area (Å²) in [5.74, 6) is 13.6. The van der Waals surface area contributed by atoms with E-state index in [1.807, 2.05) is 67.8 Å². The minimum absolute atomic E-state index is 0. The zero-order valence-corrected chi connectivity index (χ0v) is 80.4. The van der Waals surface area contributed by atoms with Gasteiger partial charge in [-0.1, -0.05) is 92.8 Å². The predicted molar refractivity (Wildman–Crippen MR) is 513 cm³/mol. The van der Waals surface area contributed by atoms with Gasteiger partial charge in [0, 0.05) is 176 Å². The fourth-order valence-corrected chi connectivity index (χ4v) is 15.3. The third-order valence-electron chi connectivity index (χ3n) is 20.0. The maximum Gasteiger partial charge on any atom is 0.410 e. The monoisotopic (exact) mass is 2020 g/mol. The normalized spacial score (nSPS) is 15.0. The van der Waals surface area contributed by atoms with Gasteiger partial charge >= 0.3 is 27.2 Å². The highest BCUT2D eigenvalue weighted by Gasteiger charge is 2.32. The van der Waals surface area contributed by atoms with Crippen LogP contribution in [0.25, 0.3) is 66.5 Å². The van der Waals surface area contributed by atoms with Crippen LogP contribution in [0.2, 0.25) is 61.0 Å². The van der Waals surface area contributed by atoms with Crippen molar-refractivity contribution in [2.45, 2.75) is 74.1 Å². The Kier molecular flexibility index (Phi) is 42.4. The topological polar surface area (TPSA) is 418 Å². The lowest BCUT2D eigenvalue weighted by molar-refractivity contribution is -0.282. The van der Waals surface area contributed by atoms with E-state index in [-0.39, 0.29) is 96.4 Å². The number of nitrogens with two attached hydrogens (primary N) is 3. The molecule has 0 bridgehead atoms. The zero-order valence-electron chi connectivity index (χ0n) is 72.7. The average molecular weight is 2030 g/mol. The third kappa shape index (κ3) is 29.1. The van der Waals surface area contributed by atoms with Gasteiger partial charge in [-0.15, -0.1) is 45.2 Å². The Morgan fingerprint density at radius 2 is 0.763 bits per heavy atom. The molecule has 5 fully saturated rings. The number of carbonyl (C=O) groups is 1. The molecule has 0 unspecified atom stereocenters. The molecule has 5 aromatic carbocycles. The van der Waals surface area contributed by atoms with Crippen LogP contribution < -0.4 is 53.2 Å². The second-order valence-corrected chi connectivity index (χ2v) is 33.2. The van der Waals surface area contributed by atoms with E-state index in [1.54, 1.807) is 51.6 Å². The van der Waals surface area contributed by atoms with E-state index < -0.39 is 55.3 Å². The SMILES string of the molecule is CB(O)N1CCN(c2nc3cc(Cl)cc(F)c3n3cnnc23)CC1.CB(O)N1CCN(c2nc3cc(Cl)cc(F)c3nc2Cl)CC1.CB(O)N1CCNCC1.CC(C)(C)OC(=O)N1CCN(c2nc3cc(Cl)cc(F)c3nc2NN)CC1.CCOC(OCC)OCC.Cl.Cl.Fc1cc(Cl)cc2nc(Cl)c(Cl)nc12.Fc1cc(Cl)cc2nc(N3CCNCC3)c3nncn3c12.NN. The van der Waals surface area contributed by atoms with Gasteiger partial charge in [0.2, 0.25) is 11.3 Å². The number of benzene rings is 5. The lowest BCUT2D eigenvalue weighted by atomic mass is 9.84. The van der Waals surface area contributed by atoms with E-state index in [2.05, 4.69) is 103 Å². The number of hydrazine groups is 2. The van der Waals surface area contributed by atoms with Crippen molar-refractivity contribution in [1.29, 1.82) is 0 Å². The molecule has 0 radical (unpaired) electrons. The summed E-state index contributed by atoms with van der Waals surface area (Å²) in [6, 6.07) is 13.9. The maximum atomic E-state index is 14.3. The summed E-state index contributed by atoms with van der Waals surface area (Å²) >= 11 is 46.7. The van der Waals surface area contributed by atoms with Gasteiger partial charge in [-0.05, 0) is 123 Å². The molecular weight excluding hydrogens is 1930 g/mol. The van der Waals surface area contributed by atoms with Gasteiger partial charge in [0.15, 0.2) is 73.6 Å². The molecule has 0 spiro atoms. The van der Waals surface area contributed by atoms with Crippen molar-refractivity contribution in [2.75, 3.05) is 176 Å². The van der Waals surface area contributed by atoms with Gasteiger partial charge in [0.05, 0.1) is 27.6 Å². The molecular formula is C77H100B3Cl10F5N28O8. The lowest BCUT2D eigenvalue weighted by Crippen LogP contribution is -2.51. The Balaban J connectivity index is 0.000000192. The van der Waals surface area contributed by atoms with Gasteiger partial charge in [-0.25, -0.2) is 72.5 Å². The molecule has 5 saturated heterocycles. The largest absolute Gasteiger partial charge is 0.444 e. The van der Waals surface area contributed by atoms with Crippen molar-refractivity contribution < 1.29 is 60.8 Å². The van der Waals surface area contributed by atoms with E-state index in [0.29, 0.717) is 176 Å². The van der Waals surface area contributed by atoms with Crippen molar-refractivity contribution >= 4 is 240 Å². The molecule has 710 valence electrons. The van der Waals surface area contributed by atoms with Crippen LogP contribution in [0.15, 0.2) is 73.3 Å². The minimum Gasteiger partial charge on any atom is -0.444 e. The fourth-order valence-electron chi connectivity index (χ4n) is 13.8. The molecule has 131 heavy (non-hydrogen) atoms. The van der Waals surface area contributed by atoms with Crippen LogP contribution in [-0.2, 0) is 18.9 Å². The second-order valence-electron chi connectivity index (χ2n) is 30.0. The molecule has 0 atom stereocenters. The highest BCUT2D eigenvalue weighted by Crippen LogP contribution is 2.35. The molecule has 5 aliphatic rings. The summed E-state index contributed by atoms with van der Waals surface area (Å²) < 4.78 is 93.6. The highest BCUT2D eigenvalue weighted by molar-refractivity contribution is 6.46. The van der Waals surface area contributed by atoms with Gasteiger partial charge in [-0.3, -0.25) is 20.5 Å². The number of nitrogens with one attached hydrogen (secondary N) is 3. The smallest absolute Gasteiger partial charge is 0.410 e. The van der Waals surface area contributed by atoms with E-state index in [1.165, 1.54) is 43.0 Å². The molecule has 12 heterocycles. The number of halogens is 15. The van der Waals surface area contributed by atoms with Crippen molar-refractivity contribution in [1.82, 2.24) is 99.0 Å². The first-order chi connectivity index (χ1) is 61.6. The van der Waals surface area contributed by atoms with Gasteiger partial charge < -0.3 is 89.0 Å². The molecule has 12 aromatic rings. The summed E-state index contributed by atoms with van der Waals surface area (Å²) in [6.45, 7) is 32.7. The molecule has 17 rings (SSSR count). The lowest BCUT2D eigenvalue weighted by Gasteiger charge is -2.36. The number of piperazine rings is 5. The second kappa shape index (κ2) is 51.2. The van der Waals surface area contributed by atoms with E-state index in [9.17, 15) is 36.8 Å². The first-order valence-corrected chi connectivity index (χ1v) is 43.9. The van der Waals surface area contributed by atoms with E-state index in [0.717, 1.165) is 58.4 Å². The molecule has 12 N–H and O–H groups in total. The summed E-state index contributed by atoms with van der Waals surface area (Å²) in [6.07, 6.45) is 2.63. The van der Waals surface area contributed by atoms with Crippen LogP contribution >= 0.6 is 118 Å². The standard InChI is InChI=1S/C17H22ClFN6O2.C14H15BClFN6O.C13H14BCl2FN4O.C13H12ClFN6.C8H2Cl3FN2.C7H16O3.C5H13BN2O.2ClH.H4N2/c1-17(2,3)27-16(26)25-6-4-24(5-7-25)15-14(23-20)22-13-11(19)8-10(18)9-12(13)21-15;1-15(24)22-4-2-21(3-5-22)13-14-20-18-8-23(14)12-10(17)6-9(16)7-11(12)19-13;1-14(22)21-4-2-20(3-5-21)13-12(16)19-11-9(17)6-8(15)7-10(11)18-13;14-8-5-9(15)11-10(6-8)18-12(13-19-17-7-21(11)13)20-3-1-16-2-4-20;9-3-1-4(12)6-5(2-3)13-7(10)8(11)14-6;1-4-8-7(9-5-2)10-6-3;1-6(9)8-4-2-7-3-5-8;;;1-2/h8-9H,4-7,20H2,1-3H3,(H,22,23);6-8,24H,2-5H2,1H3;6-7,22H,2-5H2,1H3;5-7,16H,1-4H2;1-2H;7H,4-6H2,1-3H3;7,9H,2-5H2,1H3;2*1H;1-2H2. The minimum atomic E-state index is -0.571. The molecule has 54 heteroatoms. The third-order valence-corrected chi connectivity index (χ3v) is 22.0. The number of amides is 1. The molecule has 7 aromatic heterocycles. The van der Waals surface area contributed by atoms with E-state index >= 15 is 0 Å². The Morgan fingerprint density at radius 1 is 0.443 bits per heavy atom. The van der Waals surface area contributed by atoms with Crippen molar-refractivity contribution in [3.63, 3.8) is 0 Å². The number of aromatic nitrogens is 14. The number of ether oxygens (including phenoxy) is 4. The van der Waals surface area contributed by atoms with Crippen LogP contribution in [0.4, 0.5) is 55.8 Å². The van der Waals surface area contributed by atoms with Crippen LogP contribution in [0.3, 0.4) is 0 Å². The van der Waals surface area contributed by atoms with Crippen LogP contribution in [0.1, 0.15) is 41.5 Å². The quantitative estimate of drug-likeness (QED) is 0.0160. The predicted octanol–water partition coefficient (Wildman–Crippen LogP) is 11.6. The number of fused-ring (bicyclic) bond motifs is 9. The Hall–Kier alpha value is -7.81. The highest BCUT2D eigenvalue weighted by atomic mass is 35.5. The van der Waals surface area contributed by atoms with Crippen LogP contribution in [0.5, 0.6) is 0 Å². The maximum absolute atomic E-state index is 14.3. The molecule has 0 saturated carbocycles. The van der Waals surface area contributed by atoms with Crippen molar-refractivity contribution in [2.24, 2.45) is 17.5 Å². The molecule has 5 aliphatic heterocycles. The number of hydrogen-bond donors (Lipinski definition) is 9. The van der Waals surface area contributed by atoms with Gasteiger partial charge in [-0.2, -0.15) is 0 Å². The number of hydrogen-bond acceptors (Lipinski definition) is 33. The van der Waals surface area contributed by atoms with Crippen molar-refractivity contribution in [3.05, 3.63) is 143 Å². The number of nitrogen functional groups attached to an aromatic ring is 1. The fraction of sp³-hybridized carbons (Fsp3) is 0.442. The number of nitrogens with zero attached hydrogens (tertiary/aromatic N) is 22. The van der Waals surface area contributed by atoms with Crippen molar-refractivity contribution in [3.8, 4) is 0 Å². The molecule has 36 nitrogen and oxygen atoms in total.